The topological polar surface area (TPSA) is 57.7 Å². The molecule has 5 nitrogen and oxygen atoms in total. The summed E-state index contributed by atoms with van der Waals surface area (Å²) in [7, 11) is -3.76. The van der Waals surface area contributed by atoms with E-state index in [2.05, 4.69) is 0 Å². The van der Waals surface area contributed by atoms with Gasteiger partial charge in [-0.15, -0.1) is 0 Å². The predicted octanol–water partition coefficient (Wildman–Crippen LogP) is 3.33. The first-order valence-corrected chi connectivity index (χ1v) is 10.3. The highest BCUT2D eigenvalue weighted by atomic mass is 35.5. The predicted molar refractivity (Wildman–Crippen MR) is 103 cm³/mol. The van der Waals surface area contributed by atoms with Crippen molar-refractivity contribution in [1.82, 2.24) is 4.31 Å². The summed E-state index contributed by atoms with van der Waals surface area (Å²) >= 11 is 5.84. The second kappa shape index (κ2) is 7.39. The molecule has 1 heterocycles. The number of para-hydroxylation sites is 1. The quantitative estimate of drug-likeness (QED) is 0.784. The van der Waals surface area contributed by atoms with Gasteiger partial charge in [0.05, 0.1) is 11.4 Å². The molecule has 1 aliphatic rings. The molecule has 3 rings (SSSR count). The van der Waals surface area contributed by atoms with Gasteiger partial charge in [-0.25, -0.2) is 8.42 Å². The standard InChI is InChI=1S/C19H21ClN2O3S/c1-3-21(26(24,25)17-10-8-16(20)9-11-17)13-19(23)22-14(2)12-15-6-4-5-7-18(15)22/h4-11,14H,3,12-13H2,1-2H3/t14-/m0/s1. The lowest BCUT2D eigenvalue weighted by atomic mass is 10.1. The highest BCUT2D eigenvalue weighted by molar-refractivity contribution is 7.89. The molecule has 2 aromatic rings. The van der Waals surface area contributed by atoms with Crippen LogP contribution in [0.3, 0.4) is 0 Å². The van der Waals surface area contributed by atoms with Crippen LogP contribution in [0, 0.1) is 0 Å². The molecule has 0 N–H and O–H groups in total. The third-order valence-corrected chi connectivity index (χ3v) is 6.78. The van der Waals surface area contributed by atoms with Crippen LogP contribution in [0.2, 0.25) is 5.02 Å². The van der Waals surface area contributed by atoms with Crippen molar-refractivity contribution in [2.45, 2.75) is 31.2 Å². The van der Waals surface area contributed by atoms with Gasteiger partial charge in [0, 0.05) is 23.3 Å². The molecule has 1 amide bonds. The Morgan fingerprint density at radius 2 is 1.85 bits per heavy atom. The van der Waals surface area contributed by atoms with E-state index in [9.17, 15) is 13.2 Å². The van der Waals surface area contributed by atoms with Gasteiger partial charge in [0.25, 0.3) is 0 Å². The summed E-state index contributed by atoms with van der Waals surface area (Å²) in [6.07, 6.45) is 0.776. The number of carbonyl (C=O) groups excluding carboxylic acids is 1. The molecule has 0 unspecified atom stereocenters. The zero-order valence-electron chi connectivity index (χ0n) is 14.7. The number of likely N-dealkylation sites (N-methyl/N-ethyl adjacent to an activating group) is 1. The number of carbonyl (C=O) groups is 1. The number of halogens is 1. The summed E-state index contributed by atoms with van der Waals surface area (Å²) < 4.78 is 26.9. The van der Waals surface area contributed by atoms with Gasteiger partial charge in [0.2, 0.25) is 15.9 Å². The number of sulfonamides is 1. The molecule has 0 aliphatic carbocycles. The normalized spacial score (nSPS) is 16.8. The van der Waals surface area contributed by atoms with Crippen molar-refractivity contribution in [2.75, 3.05) is 18.0 Å². The van der Waals surface area contributed by atoms with E-state index in [1.165, 1.54) is 28.6 Å². The van der Waals surface area contributed by atoms with Gasteiger partial charge < -0.3 is 4.90 Å². The van der Waals surface area contributed by atoms with E-state index in [4.69, 9.17) is 11.6 Å². The molecular weight excluding hydrogens is 372 g/mol. The average Bonchev–Trinajstić information content (AvgIpc) is 2.95. The van der Waals surface area contributed by atoms with Gasteiger partial charge in [0.15, 0.2) is 0 Å². The molecule has 0 saturated heterocycles. The number of benzene rings is 2. The van der Waals surface area contributed by atoms with Gasteiger partial charge >= 0.3 is 0 Å². The molecule has 0 bridgehead atoms. The van der Waals surface area contributed by atoms with E-state index in [1.54, 1.807) is 11.8 Å². The number of fused-ring (bicyclic) bond motifs is 1. The third kappa shape index (κ3) is 3.49. The molecule has 138 valence electrons. The lowest BCUT2D eigenvalue weighted by Crippen LogP contribution is -2.45. The molecule has 0 spiro atoms. The third-order valence-electron chi connectivity index (χ3n) is 4.59. The first-order valence-electron chi connectivity index (χ1n) is 8.50. The van der Waals surface area contributed by atoms with Crippen molar-refractivity contribution >= 4 is 33.2 Å². The number of anilines is 1. The van der Waals surface area contributed by atoms with E-state index in [-0.39, 0.29) is 29.9 Å². The van der Waals surface area contributed by atoms with Gasteiger partial charge in [-0.05, 0) is 49.2 Å². The van der Waals surface area contributed by atoms with Crippen LogP contribution in [0.1, 0.15) is 19.4 Å². The Morgan fingerprint density at radius 3 is 2.50 bits per heavy atom. The van der Waals surface area contributed by atoms with Crippen molar-refractivity contribution in [1.29, 1.82) is 0 Å². The summed E-state index contributed by atoms with van der Waals surface area (Å²) in [6.45, 7) is 3.71. The van der Waals surface area contributed by atoms with Crippen LogP contribution >= 0.6 is 11.6 Å². The minimum absolute atomic E-state index is 0.0110. The maximum Gasteiger partial charge on any atom is 0.243 e. The molecule has 26 heavy (non-hydrogen) atoms. The molecule has 7 heteroatoms. The fourth-order valence-electron chi connectivity index (χ4n) is 3.30. The van der Waals surface area contributed by atoms with Crippen molar-refractivity contribution in [3.8, 4) is 0 Å². The van der Waals surface area contributed by atoms with Crippen molar-refractivity contribution in [3.05, 3.63) is 59.1 Å². The Bertz CT molecular complexity index is 913. The van der Waals surface area contributed by atoms with Crippen LogP contribution in [-0.4, -0.2) is 37.8 Å². The van der Waals surface area contributed by atoms with Gasteiger partial charge in [0.1, 0.15) is 0 Å². The van der Waals surface area contributed by atoms with Crippen molar-refractivity contribution in [3.63, 3.8) is 0 Å². The molecule has 0 radical (unpaired) electrons. The minimum Gasteiger partial charge on any atom is -0.308 e. The Labute approximate surface area is 159 Å². The molecule has 0 fully saturated rings. The lowest BCUT2D eigenvalue weighted by molar-refractivity contribution is -0.119. The summed E-state index contributed by atoms with van der Waals surface area (Å²) in [5.41, 5.74) is 1.97. The second-order valence-electron chi connectivity index (χ2n) is 6.33. The van der Waals surface area contributed by atoms with Gasteiger partial charge in [-0.1, -0.05) is 36.7 Å². The summed E-state index contributed by atoms with van der Waals surface area (Å²) in [5.74, 6) is -0.221. The first-order chi connectivity index (χ1) is 12.3. The largest absolute Gasteiger partial charge is 0.308 e. The van der Waals surface area contributed by atoms with Crippen LogP contribution in [-0.2, 0) is 21.2 Å². The van der Waals surface area contributed by atoms with Crippen LogP contribution in [0.25, 0.3) is 0 Å². The maximum absolute atomic E-state index is 12.9. The number of nitrogens with zero attached hydrogens (tertiary/aromatic N) is 2. The molecule has 1 aliphatic heterocycles. The highest BCUT2D eigenvalue weighted by Crippen LogP contribution is 2.32. The molecule has 0 aromatic heterocycles. The van der Waals surface area contributed by atoms with Crippen LogP contribution < -0.4 is 4.90 Å². The van der Waals surface area contributed by atoms with Crippen molar-refractivity contribution in [2.24, 2.45) is 0 Å². The smallest absolute Gasteiger partial charge is 0.243 e. The average molecular weight is 393 g/mol. The molecule has 0 saturated carbocycles. The summed E-state index contributed by atoms with van der Waals surface area (Å²) in [4.78, 5) is 14.8. The van der Waals surface area contributed by atoms with E-state index in [0.717, 1.165) is 17.7 Å². The Kier molecular flexibility index (Phi) is 5.37. The lowest BCUT2D eigenvalue weighted by Gasteiger charge is -2.27. The van der Waals surface area contributed by atoms with E-state index in [0.29, 0.717) is 5.02 Å². The van der Waals surface area contributed by atoms with E-state index in [1.807, 2.05) is 31.2 Å². The van der Waals surface area contributed by atoms with Crippen LogP contribution in [0.5, 0.6) is 0 Å². The molecule has 1 atom stereocenters. The highest BCUT2D eigenvalue weighted by Gasteiger charge is 2.33. The SMILES string of the molecule is CCN(CC(=O)N1c2ccccc2C[C@@H]1C)S(=O)(=O)c1ccc(Cl)cc1. The number of hydrogen-bond acceptors (Lipinski definition) is 3. The zero-order valence-corrected chi connectivity index (χ0v) is 16.3. The Morgan fingerprint density at radius 1 is 1.19 bits per heavy atom. The van der Waals surface area contributed by atoms with Crippen LogP contribution in [0.15, 0.2) is 53.4 Å². The monoisotopic (exact) mass is 392 g/mol. The number of hydrogen-bond donors (Lipinski definition) is 0. The Balaban J connectivity index is 1.84. The fourth-order valence-corrected chi connectivity index (χ4v) is 4.82. The second-order valence-corrected chi connectivity index (χ2v) is 8.71. The van der Waals surface area contributed by atoms with E-state index >= 15 is 0 Å². The number of rotatable bonds is 5. The van der Waals surface area contributed by atoms with E-state index < -0.39 is 10.0 Å². The number of amides is 1. The molecular formula is C19H21ClN2O3S. The first kappa shape index (κ1) is 18.9. The van der Waals surface area contributed by atoms with Crippen molar-refractivity contribution < 1.29 is 13.2 Å². The zero-order chi connectivity index (χ0) is 18.9. The van der Waals surface area contributed by atoms with Gasteiger partial charge in [-0.3, -0.25) is 4.79 Å². The van der Waals surface area contributed by atoms with Crippen LogP contribution in [0.4, 0.5) is 5.69 Å². The summed E-state index contributed by atoms with van der Waals surface area (Å²) in [6, 6.07) is 13.7. The minimum atomic E-state index is -3.76. The fraction of sp³-hybridized carbons (Fsp3) is 0.316. The van der Waals surface area contributed by atoms with Gasteiger partial charge in [-0.2, -0.15) is 4.31 Å². The maximum atomic E-state index is 12.9. The molecule has 2 aromatic carbocycles. The summed E-state index contributed by atoms with van der Waals surface area (Å²) in [5, 5.41) is 0.463. The Hall–Kier alpha value is -1.89.